The second-order valence-electron chi connectivity index (χ2n) is 17.8. The lowest BCUT2D eigenvalue weighted by atomic mass is 9.53. The Kier molecular flexibility index (Phi) is 5.59. The molecule has 0 amide bonds. The lowest BCUT2D eigenvalue weighted by molar-refractivity contribution is 0.142. The number of hydrogen-bond donors (Lipinski definition) is 2. The molecule has 12 rings (SSSR count). The quantitative estimate of drug-likeness (QED) is 0.232. The Bertz CT molecular complexity index is 2100. The molecule has 2 saturated carbocycles. The molecule has 0 unspecified atom stereocenters. The number of likely N-dealkylation sites (N-methyl/N-ethyl adjacent to an activating group) is 2. The molecule has 4 nitrogen and oxygen atoms in total. The molecular formula is C46H50N4. The summed E-state index contributed by atoms with van der Waals surface area (Å²) in [5.41, 5.74) is 16.3. The summed E-state index contributed by atoms with van der Waals surface area (Å²) in [6.07, 6.45) is 13.6. The summed E-state index contributed by atoms with van der Waals surface area (Å²) in [4.78, 5) is 5.26. The van der Waals surface area contributed by atoms with E-state index in [0.717, 1.165) is 25.4 Å². The number of fused-ring (bicyclic) bond motifs is 13. The van der Waals surface area contributed by atoms with Crippen LogP contribution in [0.5, 0.6) is 0 Å². The van der Waals surface area contributed by atoms with Crippen molar-refractivity contribution in [3.05, 3.63) is 129 Å². The first kappa shape index (κ1) is 29.0. The van der Waals surface area contributed by atoms with Gasteiger partial charge in [0.15, 0.2) is 0 Å². The van der Waals surface area contributed by atoms with Gasteiger partial charge in [-0.2, -0.15) is 0 Å². The van der Waals surface area contributed by atoms with Crippen LogP contribution in [-0.4, -0.2) is 49.3 Å². The van der Waals surface area contributed by atoms with Gasteiger partial charge in [0.2, 0.25) is 0 Å². The second kappa shape index (κ2) is 9.63. The number of para-hydroxylation sites is 2. The zero-order valence-electron chi connectivity index (χ0n) is 29.8. The van der Waals surface area contributed by atoms with Crippen LogP contribution in [0.4, 0.5) is 11.4 Å². The van der Waals surface area contributed by atoms with Crippen LogP contribution in [0.1, 0.15) is 95.9 Å². The van der Waals surface area contributed by atoms with Crippen molar-refractivity contribution in [3.8, 4) is 0 Å². The number of anilines is 2. The van der Waals surface area contributed by atoms with Crippen molar-refractivity contribution in [1.29, 1.82) is 0 Å². The number of rotatable bonds is 3. The number of benzene rings is 4. The molecule has 4 aliphatic carbocycles. The van der Waals surface area contributed by atoms with E-state index in [0.29, 0.717) is 12.1 Å². The smallest absolute Gasteiger partial charge is 0.0933 e. The maximum absolute atomic E-state index is 4.40. The third-order valence-corrected chi connectivity index (χ3v) is 16.5. The standard InChI is InChI=1S/C46H50N4/c1-49-25-23-44(36-15-5-6-20-39(36)47-41(44)49)37-18-8-19-38-40(37)48-42-46(38,24-26-50(42)2)45-22-10-13-31(45)28-32-34(16-7-17-35(32)45)43-21-9-12-30(43)27-29-11-3-4-14-33(29)43/h3-8,11,14-20,30-31,41-42,47-48H,9-10,12-13,21-28H2,1-2H3/t30-,31-,41+,42-,43+,44+,45+,46+/m0/s1. The summed E-state index contributed by atoms with van der Waals surface area (Å²) in [7, 11) is 4.73. The Labute approximate surface area is 297 Å². The van der Waals surface area contributed by atoms with Crippen molar-refractivity contribution in [2.45, 2.75) is 98.2 Å². The van der Waals surface area contributed by atoms with Crippen LogP contribution < -0.4 is 10.6 Å². The molecule has 0 bridgehead atoms. The maximum Gasteiger partial charge on any atom is 0.0933 e. The normalized spacial score (nSPS) is 38.5. The first-order chi connectivity index (χ1) is 24.5. The van der Waals surface area contributed by atoms with Gasteiger partial charge < -0.3 is 10.6 Å². The predicted molar refractivity (Wildman–Crippen MR) is 202 cm³/mol. The van der Waals surface area contributed by atoms with Gasteiger partial charge in [-0.3, -0.25) is 9.80 Å². The van der Waals surface area contributed by atoms with Crippen molar-refractivity contribution >= 4 is 11.4 Å². The topological polar surface area (TPSA) is 30.5 Å². The molecule has 2 saturated heterocycles. The molecule has 4 fully saturated rings. The fourth-order valence-electron chi connectivity index (χ4n) is 14.9. The second-order valence-corrected chi connectivity index (χ2v) is 17.8. The molecule has 0 radical (unpaired) electrons. The van der Waals surface area contributed by atoms with Crippen LogP contribution in [0.15, 0.2) is 84.9 Å². The average molecular weight is 659 g/mol. The number of hydrogen-bond acceptors (Lipinski definition) is 4. The number of nitrogens with one attached hydrogen (secondary N) is 2. The van der Waals surface area contributed by atoms with E-state index in [-0.39, 0.29) is 27.8 Å². The third kappa shape index (κ3) is 3.06. The summed E-state index contributed by atoms with van der Waals surface area (Å²) in [6.45, 7) is 2.27. The van der Waals surface area contributed by atoms with Crippen LogP contribution in [0.25, 0.3) is 0 Å². The van der Waals surface area contributed by atoms with Crippen molar-refractivity contribution in [2.24, 2.45) is 11.8 Å². The average Bonchev–Trinajstić information content (AvgIpc) is 3.99. The Hall–Kier alpha value is -3.60. The summed E-state index contributed by atoms with van der Waals surface area (Å²) in [5, 5.41) is 8.39. The lowest BCUT2D eigenvalue weighted by Gasteiger charge is -2.49. The summed E-state index contributed by atoms with van der Waals surface area (Å²) >= 11 is 0. The van der Waals surface area contributed by atoms with Gasteiger partial charge in [0.25, 0.3) is 0 Å². The van der Waals surface area contributed by atoms with Gasteiger partial charge >= 0.3 is 0 Å². The monoisotopic (exact) mass is 658 g/mol. The molecule has 50 heavy (non-hydrogen) atoms. The molecule has 4 heteroatoms. The molecule has 8 atom stereocenters. The minimum Gasteiger partial charge on any atom is -0.368 e. The zero-order chi connectivity index (χ0) is 33.0. The highest BCUT2D eigenvalue weighted by atomic mass is 15.3. The molecule has 2 N–H and O–H groups in total. The van der Waals surface area contributed by atoms with Crippen molar-refractivity contribution in [1.82, 2.24) is 9.80 Å². The van der Waals surface area contributed by atoms with Gasteiger partial charge in [-0.15, -0.1) is 0 Å². The molecule has 254 valence electrons. The number of likely N-dealkylation sites (tertiary alicyclic amines) is 2. The Morgan fingerprint density at radius 1 is 0.540 bits per heavy atom. The van der Waals surface area contributed by atoms with E-state index in [2.05, 4.69) is 119 Å². The van der Waals surface area contributed by atoms with E-state index in [1.54, 1.807) is 33.4 Å². The molecule has 4 aromatic carbocycles. The summed E-state index contributed by atoms with van der Waals surface area (Å²) < 4.78 is 0. The van der Waals surface area contributed by atoms with Gasteiger partial charge in [0.05, 0.1) is 17.7 Å². The van der Waals surface area contributed by atoms with Gasteiger partial charge in [0, 0.05) is 40.7 Å². The van der Waals surface area contributed by atoms with Crippen molar-refractivity contribution in [3.63, 3.8) is 0 Å². The highest BCUT2D eigenvalue weighted by Gasteiger charge is 2.71. The summed E-state index contributed by atoms with van der Waals surface area (Å²) in [6, 6.07) is 34.0. The summed E-state index contributed by atoms with van der Waals surface area (Å²) in [5.74, 6) is 1.46. The Morgan fingerprint density at radius 3 is 2.16 bits per heavy atom. The van der Waals surface area contributed by atoms with Crippen LogP contribution in [-0.2, 0) is 34.5 Å². The van der Waals surface area contributed by atoms with Gasteiger partial charge in [-0.25, -0.2) is 0 Å². The van der Waals surface area contributed by atoms with E-state index in [4.69, 9.17) is 0 Å². The molecule has 8 aliphatic rings. The van der Waals surface area contributed by atoms with Gasteiger partial charge in [-0.1, -0.05) is 91.7 Å². The fraction of sp³-hybridized carbons (Fsp3) is 0.478. The minimum atomic E-state index is -0.0535. The molecular weight excluding hydrogens is 609 g/mol. The predicted octanol–water partition coefficient (Wildman–Crippen LogP) is 8.32. The van der Waals surface area contributed by atoms with Crippen LogP contribution in [0.2, 0.25) is 0 Å². The third-order valence-electron chi connectivity index (χ3n) is 16.5. The number of nitrogens with zero attached hydrogens (tertiary/aromatic N) is 2. The minimum absolute atomic E-state index is 0.0535. The zero-order valence-corrected chi connectivity index (χ0v) is 29.8. The van der Waals surface area contributed by atoms with Crippen molar-refractivity contribution < 1.29 is 0 Å². The molecule has 4 aromatic rings. The van der Waals surface area contributed by atoms with Crippen molar-refractivity contribution in [2.75, 3.05) is 37.8 Å². The van der Waals surface area contributed by atoms with Crippen LogP contribution >= 0.6 is 0 Å². The molecule has 4 heterocycles. The highest BCUT2D eigenvalue weighted by Crippen LogP contribution is 2.71. The van der Waals surface area contributed by atoms with E-state index in [9.17, 15) is 0 Å². The SMILES string of the molecule is CN1CC[C@]2(c3cccc4c3N[C@H]3N(C)CC[C@@]43[C@]34CCC[C@H]3Cc3c([C@]56CCC[C@H]5Cc5ccccc56)cccc34)c3ccccc3N[C@H]12. The van der Waals surface area contributed by atoms with Gasteiger partial charge in [-0.05, 0) is 128 Å². The lowest BCUT2D eigenvalue weighted by Crippen LogP contribution is -2.56. The fourth-order valence-corrected chi connectivity index (χ4v) is 14.9. The Morgan fingerprint density at radius 2 is 1.24 bits per heavy atom. The highest BCUT2D eigenvalue weighted by molar-refractivity contribution is 5.77. The van der Waals surface area contributed by atoms with E-state index < -0.39 is 0 Å². The van der Waals surface area contributed by atoms with Gasteiger partial charge in [0.1, 0.15) is 0 Å². The maximum atomic E-state index is 4.40. The molecule has 0 aromatic heterocycles. The van der Waals surface area contributed by atoms with Crippen LogP contribution in [0, 0.1) is 11.8 Å². The van der Waals surface area contributed by atoms with E-state index in [1.165, 1.54) is 80.3 Å². The van der Waals surface area contributed by atoms with E-state index >= 15 is 0 Å². The first-order valence-electron chi connectivity index (χ1n) is 19.9. The van der Waals surface area contributed by atoms with Crippen LogP contribution in [0.3, 0.4) is 0 Å². The largest absolute Gasteiger partial charge is 0.368 e. The first-order valence-corrected chi connectivity index (χ1v) is 19.9. The molecule has 0 spiro atoms. The Balaban J connectivity index is 1.08. The van der Waals surface area contributed by atoms with E-state index in [1.807, 2.05) is 0 Å². The molecule has 4 aliphatic heterocycles.